The Morgan fingerprint density at radius 2 is 1.85 bits per heavy atom. The summed E-state index contributed by atoms with van der Waals surface area (Å²) < 4.78 is 32.6. The average molecular weight is 206 g/mol. The molecule has 0 aromatic heterocycles. The van der Waals surface area contributed by atoms with Gasteiger partial charge in [-0.05, 0) is 12.1 Å². The molecule has 72 valence electrons. The molecule has 3 N–H and O–H groups in total. The minimum Gasteiger partial charge on any atom is -0.504 e. The van der Waals surface area contributed by atoms with Crippen LogP contribution in [0.25, 0.3) is 0 Å². The highest BCUT2D eigenvalue weighted by Gasteiger charge is 2.13. The summed E-state index contributed by atoms with van der Waals surface area (Å²) in [7, 11) is -4.69. The van der Waals surface area contributed by atoms with E-state index in [2.05, 4.69) is 4.18 Å². The number of hydrogen-bond acceptors (Lipinski definition) is 5. The smallest absolute Gasteiger partial charge is 0.446 e. The monoisotopic (exact) mass is 206 g/mol. The number of aromatic hydroxyl groups is 2. The van der Waals surface area contributed by atoms with E-state index in [1.54, 1.807) is 0 Å². The van der Waals surface area contributed by atoms with Crippen molar-refractivity contribution in [3.05, 3.63) is 18.2 Å². The highest BCUT2D eigenvalue weighted by molar-refractivity contribution is 7.81. The summed E-state index contributed by atoms with van der Waals surface area (Å²) in [5.41, 5.74) is 0. The highest BCUT2D eigenvalue weighted by atomic mass is 32.3. The van der Waals surface area contributed by atoms with Crippen molar-refractivity contribution in [1.82, 2.24) is 0 Å². The predicted octanol–water partition coefficient (Wildman–Crippen LogP) is 0.279. The first kappa shape index (κ1) is 9.62. The molecule has 0 atom stereocenters. The largest absolute Gasteiger partial charge is 0.504 e. The van der Waals surface area contributed by atoms with E-state index in [-0.39, 0.29) is 0 Å². The average Bonchev–Trinajstić information content (AvgIpc) is 1.96. The third-order valence-corrected chi connectivity index (χ3v) is 1.56. The van der Waals surface area contributed by atoms with Crippen LogP contribution in [0.15, 0.2) is 18.2 Å². The van der Waals surface area contributed by atoms with Crippen molar-refractivity contribution in [3.63, 3.8) is 0 Å². The highest BCUT2D eigenvalue weighted by Crippen LogP contribution is 2.34. The maximum Gasteiger partial charge on any atom is 0.446 e. The van der Waals surface area contributed by atoms with Crippen LogP contribution in [0.4, 0.5) is 0 Å². The van der Waals surface area contributed by atoms with Gasteiger partial charge in [-0.1, -0.05) is 6.07 Å². The zero-order chi connectivity index (χ0) is 10.1. The van der Waals surface area contributed by atoms with Crippen LogP contribution in [0, 0.1) is 0 Å². The minimum absolute atomic E-state index is 0.539. The molecule has 1 aromatic rings. The van der Waals surface area contributed by atoms with Crippen LogP contribution in [0.3, 0.4) is 0 Å². The molecule has 0 spiro atoms. The number of rotatable bonds is 2. The number of phenols is 2. The van der Waals surface area contributed by atoms with Gasteiger partial charge >= 0.3 is 10.4 Å². The summed E-state index contributed by atoms with van der Waals surface area (Å²) in [6.07, 6.45) is 0. The zero-order valence-electron chi connectivity index (χ0n) is 6.21. The molecule has 0 unspecified atom stereocenters. The Morgan fingerprint density at radius 3 is 2.38 bits per heavy atom. The van der Waals surface area contributed by atoms with Gasteiger partial charge in [0, 0.05) is 0 Å². The van der Waals surface area contributed by atoms with Crippen LogP contribution >= 0.6 is 0 Å². The molecule has 1 rings (SSSR count). The number of phenolic OH excluding ortho intramolecular Hbond substituents is 2. The molecule has 6 nitrogen and oxygen atoms in total. The SMILES string of the molecule is O=S(=O)(O)Oc1cccc(O)c1O. The van der Waals surface area contributed by atoms with Crippen LogP contribution in [0.2, 0.25) is 0 Å². The number of hydrogen-bond donors (Lipinski definition) is 3. The first-order valence-corrected chi connectivity index (χ1v) is 4.44. The normalized spacial score (nSPS) is 11.2. The van der Waals surface area contributed by atoms with Crippen LogP contribution in [-0.2, 0) is 10.4 Å². The molecular formula is C6H6O6S. The second-order valence-electron chi connectivity index (χ2n) is 2.13. The van der Waals surface area contributed by atoms with Crippen molar-refractivity contribution in [1.29, 1.82) is 0 Å². The van der Waals surface area contributed by atoms with Gasteiger partial charge in [0.25, 0.3) is 0 Å². The predicted molar refractivity (Wildman–Crippen MR) is 41.9 cm³/mol. The third-order valence-electron chi connectivity index (χ3n) is 1.17. The van der Waals surface area contributed by atoms with Gasteiger partial charge in [-0.3, -0.25) is 4.55 Å². The molecule has 0 aliphatic heterocycles. The molecule has 7 heteroatoms. The van der Waals surface area contributed by atoms with Crippen molar-refractivity contribution < 1.29 is 27.4 Å². The van der Waals surface area contributed by atoms with Gasteiger partial charge < -0.3 is 14.4 Å². The lowest BCUT2D eigenvalue weighted by Gasteiger charge is -2.04. The molecule has 0 aliphatic rings. The van der Waals surface area contributed by atoms with Gasteiger partial charge in [0.1, 0.15) is 0 Å². The fraction of sp³-hybridized carbons (Fsp3) is 0. The van der Waals surface area contributed by atoms with Crippen LogP contribution in [0.5, 0.6) is 17.2 Å². The first-order valence-electron chi connectivity index (χ1n) is 3.08. The lowest BCUT2D eigenvalue weighted by molar-refractivity contribution is 0.357. The van der Waals surface area contributed by atoms with Crippen molar-refractivity contribution >= 4 is 10.4 Å². The van der Waals surface area contributed by atoms with Gasteiger partial charge in [-0.15, -0.1) is 0 Å². The summed E-state index contributed by atoms with van der Waals surface area (Å²) >= 11 is 0. The Morgan fingerprint density at radius 1 is 1.23 bits per heavy atom. The van der Waals surface area contributed by atoms with Crippen molar-refractivity contribution in [2.24, 2.45) is 0 Å². The van der Waals surface area contributed by atoms with Gasteiger partial charge in [0.2, 0.25) is 5.75 Å². The summed E-state index contributed by atoms with van der Waals surface area (Å²) in [4.78, 5) is 0. The van der Waals surface area contributed by atoms with Crippen LogP contribution in [0.1, 0.15) is 0 Å². The minimum atomic E-state index is -4.69. The molecule has 0 fully saturated rings. The molecular weight excluding hydrogens is 200 g/mol. The molecule has 0 bridgehead atoms. The molecule has 0 aliphatic carbocycles. The van der Waals surface area contributed by atoms with Crippen molar-refractivity contribution in [2.75, 3.05) is 0 Å². The van der Waals surface area contributed by atoms with Gasteiger partial charge in [-0.25, -0.2) is 0 Å². The standard InChI is InChI=1S/C6H6O6S/c7-4-2-1-3-5(6(4)8)12-13(9,10)11/h1-3,7-8H,(H,9,10,11). The lowest BCUT2D eigenvalue weighted by atomic mass is 10.3. The molecule has 0 saturated carbocycles. The zero-order valence-corrected chi connectivity index (χ0v) is 7.02. The fourth-order valence-corrected chi connectivity index (χ4v) is 1.05. The lowest BCUT2D eigenvalue weighted by Crippen LogP contribution is -2.06. The summed E-state index contributed by atoms with van der Waals surface area (Å²) in [6.45, 7) is 0. The maximum atomic E-state index is 10.2. The Kier molecular flexibility index (Phi) is 2.30. The van der Waals surface area contributed by atoms with E-state index in [1.165, 1.54) is 6.07 Å². The summed E-state index contributed by atoms with van der Waals surface area (Å²) in [5.74, 6) is -1.83. The maximum absolute atomic E-state index is 10.2. The quantitative estimate of drug-likeness (QED) is 0.474. The third kappa shape index (κ3) is 2.49. The molecule has 0 heterocycles. The van der Waals surface area contributed by atoms with Gasteiger partial charge in [0.15, 0.2) is 11.5 Å². The molecule has 0 saturated heterocycles. The molecule has 1 aromatic carbocycles. The molecule has 13 heavy (non-hydrogen) atoms. The van der Waals surface area contributed by atoms with E-state index in [9.17, 15) is 8.42 Å². The van der Waals surface area contributed by atoms with Crippen LogP contribution < -0.4 is 4.18 Å². The summed E-state index contributed by atoms with van der Waals surface area (Å²) in [5, 5.41) is 17.9. The Labute approximate surface area is 74.0 Å². The van der Waals surface area contributed by atoms with E-state index in [0.29, 0.717) is 0 Å². The second kappa shape index (κ2) is 3.11. The van der Waals surface area contributed by atoms with Gasteiger partial charge in [-0.2, -0.15) is 8.42 Å². The Bertz CT molecular complexity index is 409. The van der Waals surface area contributed by atoms with Crippen molar-refractivity contribution in [2.45, 2.75) is 0 Å². The second-order valence-corrected chi connectivity index (χ2v) is 3.16. The number of benzene rings is 1. The van der Waals surface area contributed by atoms with Gasteiger partial charge in [0.05, 0.1) is 0 Å². The topological polar surface area (TPSA) is 104 Å². The molecule has 0 amide bonds. The summed E-state index contributed by atoms with van der Waals surface area (Å²) in [6, 6.07) is 3.45. The Balaban J connectivity index is 3.10. The van der Waals surface area contributed by atoms with E-state index in [0.717, 1.165) is 12.1 Å². The fourth-order valence-electron chi connectivity index (χ4n) is 0.691. The van der Waals surface area contributed by atoms with E-state index < -0.39 is 27.6 Å². The van der Waals surface area contributed by atoms with E-state index >= 15 is 0 Å². The number of para-hydroxylation sites is 1. The van der Waals surface area contributed by atoms with Crippen molar-refractivity contribution in [3.8, 4) is 17.2 Å². The van der Waals surface area contributed by atoms with E-state index in [1.807, 2.05) is 0 Å². The van der Waals surface area contributed by atoms with Crippen LogP contribution in [-0.4, -0.2) is 23.2 Å². The first-order chi connectivity index (χ1) is 5.90. The van der Waals surface area contributed by atoms with E-state index in [4.69, 9.17) is 14.8 Å². The Hall–Kier alpha value is -1.47. The molecule has 0 radical (unpaired) electrons.